The van der Waals surface area contributed by atoms with Crippen molar-refractivity contribution in [1.29, 1.82) is 0 Å². The van der Waals surface area contributed by atoms with E-state index in [1.165, 1.54) is 17.3 Å². The molecule has 2 aromatic rings. The maximum absolute atomic E-state index is 13.2. The fourth-order valence-corrected chi connectivity index (χ4v) is 4.33. The zero-order chi connectivity index (χ0) is 26.5. The Morgan fingerprint density at radius 3 is 2.61 bits per heavy atom. The Morgan fingerprint density at radius 2 is 2.03 bits per heavy atom. The largest absolute Gasteiger partial charge is 0.494 e. The van der Waals surface area contributed by atoms with Crippen molar-refractivity contribution in [3.05, 3.63) is 60.0 Å². The second-order valence-electron chi connectivity index (χ2n) is 8.44. The summed E-state index contributed by atoms with van der Waals surface area (Å²) in [6, 6.07) is 5.11. The number of aryl methyl sites for hydroxylation is 1. The van der Waals surface area contributed by atoms with Crippen LogP contribution in [0, 0.1) is 6.92 Å². The number of rotatable bonds is 6. The van der Waals surface area contributed by atoms with Gasteiger partial charge in [-0.3, -0.25) is 9.98 Å². The fraction of sp³-hybridized carbons (Fsp3) is 0.375. The normalized spacial score (nSPS) is 18.1. The van der Waals surface area contributed by atoms with Crippen molar-refractivity contribution < 1.29 is 17.5 Å². The van der Waals surface area contributed by atoms with E-state index in [0.717, 1.165) is 23.2 Å². The van der Waals surface area contributed by atoms with Crippen LogP contribution < -0.4 is 15.4 Å². The number of aliphatic imine (C=N–C) groups is 2. The number of hydrogen-bond acceptors (Lipinski definition) is 6. The molecule has 0 spiro atoms. The molecule has 1 aliphatic rings. The molecule has 0 saturated heterocycles. The van der Waals surface area contributed by atoms with E-state index < -0.39 is 16.1 Å². The van der Waals surface area contributed by atoms with Crippen LogP contribution in [0.1, 0.15) is 19.5 Å². The Hall–Kier alpha value is -3.51. The van der Waals surface area contributed by atoms with Gasteiger partial charge in [-0.2, -0.15) is 4.31 Å². The first kappa shape index (κ1) is 27.1. The first-order valence-corrected chi connectivity index (χ1v) is 13.1. The third-order valence-corrected chi connectivity index (χ3v) is 6.72. The summed E-state index contributed by atoms with van der Waals surface area (Å²) >= 11 is 0. The second kappa shape index (κ2) is 11.5. The van der Waals surface area contributed by atoms with Gasteiger partial charge in [-0.15, -0.1) is 0 Å². The number of nitrogens with zero attached hydrogens (tertiary/aromatic N) is 5. The molecule has 0 fully saturated rings. The number of amidine groups is 1. The standard InChI is InChI=1S/C24H32FN7O3S/c1-16(7-8-17(2)25)20-13-32(36(6,33)34)14-23(29-20)30-24(26-4)28-19-9-10-21(22(11-19)35-5)31-12-18(3)27-15-31/h7-12,15,20H,13-14H2,1-6H3,(H2,26,28,29,30)/b16-7+,17-8+. The number of aromatic nitrogens is 2. The number of allylic oxidation sites excluding steroid dienone is 3. The lowest BCUT2D eigenvalue weighted by molar-refractivity contribution is 0.413. The van der Waals surface area contributed by atoms with Crippen LogP contribution in [0.15, 0.2) is 64.3 Å². The first-order chi connectivity index (χ1) is 17.0. The van der Waals surface area contributed by atoms with Gasteiger partial charge in [-0.1, -0.05) is 6.08 Å². The molecular formula is C24H32FN7O3S. The lowest BCUT2D eigenvalue weighted by Gasteiger charge is -2.30. The van der Waals surface area contributed by atoms with Gasteiger partial charge in [0.2, 0.25) is 16.0 Å². The van der Waals surface area contributed by atoms with Crippen molar-refractivity contribution in [2.45, 2.75) is 26.8 Å². The molecule has 1 aromatic carbocycles. The minimum Gasteiger partial charge on any atom is -0.494 e. The van der Waals surface area contributed by atoms with Crippen LogP contribution in [-0.4, -0.2) is 73.6 Å². The number of imidazole rings is 1. The highest BCUT2D eigenvalue weighted by Gasteiger charge is 2.29. The van der Waals surface area contributed by atoms with Gasteiger partial charge in [-0.25, -0.2) is 17.8 Å². The molecule has 0 radical (unpaired) electrons. The molecule has 194 valence electrons. The average molecular weight is 518 g/mol. The summed E-state index contributed by atoms with van der Waals surface area (Å²) in [6.45, 7) is 5.28. The molecule has 2 heterocycles. The van der Waals surface area contributed by atoms with Gasteiger partial charge in [0.1, 0.15) is 11.6 Å². The Balaban J connectivity index is 1.83. The Morgan fingerprint density at radius 1 is 1.28 bits per heavy atom. The second-order valence-corrected chi connectivity index (χ2v) is 10.4. The van der Waals surface area contributed by atoms with E-state index in [0.29, 0.717) is 23.2 Å². The number of benzene rings is 1. The van der Waals surface area contributed by atoms with E-state index in [2.05, 4.69) is 25.6 Å². The van der Waals surface area contributed by atoms with Gasteiger partial charge >= 0.3 is 0 Å². The van der Waals surface area contributed by atoms with Gasteiger partial charge < -0.3 is 19.9 Å². The number of sulfonamides is 1. The van der Waals surface area contributed by atoms with E-state index in [9.17, 15) is 12.8 Å². The van der Waals surface area contributed by atoms with E-state index in [-0.39, 0.29) is 18.9 Å². The zero-order valence-corrected chi connectivity index (χ0v) is 22.1. The maximum Gasteiger partial charge on any atom is 0.211 e. The van der Waals surface area contributed by atoms with Gasteiger partial charge in [-0.05, 0) is 44.6 Å². The number of anilines is 1. The lowest BCUT2D eigenvalue weighted by atomic mass is 10.1. The van der Waals surface area contributed by atoms with Gasteiger partial charge in [0.05, 0.1) is 49.5 Å². The van der Waals surface area contributed by atoms with Crippen LogP contribution in [-0.2, 0) is 10.0 Å². The predicted octanol–water partition coefficient (Wildman–Crippen LogP) is 3.04. The quantitative estimate of drug-likeness (QED) is 0.346. The lowest BCUT2D eigenvalue weighted by Crippen LogP contribution is -2.50. The number of nitrogens with one attached hydrogen (secondary N) is 2. The maximum atomic E-state index is 13.2. The number of guanidine groups is 1. The zero-order valence-electron chi connectivity index (χ0n) is 21.3. The molecule has 36 heavy (non-hydrogen) atoms. The summed E-state index contributed by atoms with van der Waals surface area (Å²) in [4.78, 5) is 13.2. The van der Waals surface area contributed by atoms with Crippen LogP contribution in [0.3, 0.4) is 0 Å². The summed E-state index contributed by atoms with van der Waals surface area (Å²) in [5.74, 6) is 1.07. The van der Waals surface area contributed by atoms with Crippen molar-refractivity contribution in [2.75, 3.05) is 38.8 Å². The number of hydrogen-bond donors (Lipinski definition) is 2. The summed E-state index contributed by atoms with van der Waals surface area (Å²) < 4.78 is 46.6. The van der Waals surface area contributed by atoms with Crippen LogP contribution >= 0.6 is 0 Å². The molecule has 0 bridgehead atoms. The number of halogens is 1. The van der Waals surface area contributed by atoms with E-state index >= 15 is 0 Å². The molecule has 0 aliphatic carbocycles. The minimum absolute atomic E-state index is 0.0591. The van der Waals surface area contributed by atoms with Crippen molar-refractivity contribution in [2.24, 2.45) is 9.98 Å². The molecule has 1 aliphatic heterocycles. The third kappa shape index (κ3) is 7.01. The van der Waals surface area contributed by atoms with Crippen molar-refractivity contribution >= 4 is 27.5 Å². The number of methoxy groups -OCH3 is 1. The Kier molecular flexibility index (Phi) is 8.64. The van der Waals surface area contributed by atoms with Crippen LogP contribution in [0.4, 0.5) is 10.1 Å². The molecule has 1 atom stereocenters. The molecular weight excluding hydrogens is 485 g/mol. The average Bonchev–Trinajstić information content (AvgIpc) is 3.27. The molecule has 3 rings (SSSR count). The van der Waals surface area contributed by atoms with Crippen molar-refractivity contribution in [1.82, 2.24) is 19.2 Å². The highest BCUT2D eigenvalue weighted by atomic mass is 32.2. The predicted molar refractivity (Wildman–Crippen MR) is 141 cm³/mol. The summed E-state index contributed by atoms with van der Waals surface area (Å²) in [7, 11) is -0.294. The van der Waals surface area contributed by atoms with E-state index in [4.69, 9.17) is 4.74 Å². The smallest absolute Gasteiger partial charge is 0.211 e. The highest BCUT2D eigenvalue weighted by Crippen LogP contribution is 2.27. The fourth-order valence-electron chi connectivity index (χ4n) is 3.56. The van der Waals surface area contributed by atoms with E-state index in [1.807, 2.05) is 35.9 Å². The first-order valence-electron chi connectivity index (χ1n) is 11.2. The van der Waals surface area contributed by atoms with Crippen LogP contribution in [0.5, 0.6) is 5.75 Å². The highest BCUT2D eigenvalue weighted by molar-refractivity contribution is 7.88. The molecule has 1 unspecified atom stereocenters. The Bertz CT molecular complexity index is 1320. The van der Waals surface area contributed by atoms with Gasteiger partial charge in [0.25, 0.3) is 0 Å². The molecule has 12 heteroatoms. The van der Waals surface area contributed by atoms with Crippen LogP contribution in [0.25, 0.3) is 5.69 Å². The van der Waals surface area contributed by atoms with Gasteiger partial charge in [0.15, 0.2) is 0 Å². The molecule has 0 saturated carbocycles. The van der Waals surface area contributed by atoms with Crippen molar-refractivity contribution in [3.8, 4) is 11.4 Å². The summed E-state index contributed by atoms with van der Waals surface area (Å²) in [5, 5.41) is 6.29. The van der Waals surface area contributed by atoms with Crippen molar-refractivity contribution in [3.63, 3.8) is 0 Å². The molecule has 10 nitrogen and oxygen atoms in total. The van der Waals surface area contributed by atoms with Gasteiger partial charge in [0, 0.05) is 31.5 Å². The minimum atomic E-state index is -3.48. The topological polar surface area (TPSA) is 113 Å². The Labute approximate surface area is 211 Å². The molecule has 0 amide bonds. The summed E-state index contributed by atoms with van der Waals surface area (Å²) in [6.07, 6.45) is 7.71. The number of ether oxygens (including phenoxy) is 1. The monoisotopic (exact) mass is 517 g/mol. The van der Waals surface area contributed by atoms with E-state index in [1.54, 1.807) is 33.5 Å². The molecule has 1 aromatic heterocycles. The SMILES string of the molecule is CN=C(NC1=NC(/C(C)=C/C=C(\C)F)CN(S(C)(=O)=O)C1)Nc1ccc(-n2cnc(C)c2)c(OC)c1. The van der Waals surface area contributed by atoms with Crippen LogP contribution in [0.2, 0.25) is 0 Å². The summed E-state index contributed by atoms with van der Waals surface area (Å²) in [5.41, 5.74) is 3.15. The molecule has 2 N–H and O–H groups in total. The third-order valence-electron chi connectivity index (χ3n) is 5.50.